The van der Waals surface area contributed by atoms with E-state index in [4.69, 9.17) is 20.8 Å². The first-order valence-electron chi connectivity index (χ1n) is 12.1. The molecule has 0 atom stereocenters. The summed E-state index contributed by atoms with van der Waals surface area (Å²) in [7, 11) is 0. The Hall–Kier alpha value is -3.51. The molecule has 0 saturated heterocycles. The Bertz CT molecular complexity index is 1400. The maximum absolute atomic E-state index is 13.0. The Morgan fingerprint density at radius 1 is 1.08 bits per heavy atom. The van der Waals surface area contributed by atoms with Gasteiger partial charge in [0.05, 0.1) is 23.6 Å². The predicted octanol–water partition coefficient (Wildman–Crippen LogP) is 7.37. The number of anilines is 1. The van der Waals surface area contributed by atoms with Crippen molar-refractivity contribution >= 4 is 23.2 Å². The van der Waals surface area contributed by atoms with Gasteiger partial charge in [-0.25, -0.2) is 0 Å². The van der Waals surface area contributed by atoms with Crippen molar-refractivity contribution in [3.63, 3.8) is 0 Å². The number of carbonyl (C=O) groups is 1. The van der Waals surface area contributed by atoms with Gasteiger partial charge in [-0.05, 0) is 80.1 Å². The number of aromatic nitrogens is 2. The third kappa shape index (κ3) is 5.49. The molecule has 0 radical (unpaired) electrons. The van der Waals surface area contributed by atoms with Crippen molar-refractivity contribution < 1.29 is 13.9 Å². The molecule has 2 heterocycles. The number of ether oxygens (including phenoxy) is 1. The molecule has 6 nitrogen and oxygen atoms in total. The van der Waals surface area contributed by atoms with Gasteiger partial charge in [0.15, 0.2) is 5.76 Å². The molecule has 1 amide bonds. The molecule has 4 aromatic rings. The summed E-state index contributed by atoms with van der Waals surface area (Å²) < 4.78 is 13.8. The third-order valence-electron chi connectivity index (χ3n) is 6.37. The lowest BCUT2D eigenvalue weighted by Gasteiger charge is -2.15. The van der Waals surface area contributed by atoms with Gasteiger partial charge in [-0.15, -0.1) is 0 Å². The van der Waals surface area contributed by atoms with E-state index in [0.717, 1.165) is 33.3 Å². The van der Waals surface area contributed by atoms with Gasteiger partial charge in [-0.3, -0.25) is 9.48 Å². The van der Waals surface area contributed by atoms with Gasteiger partial charge in [-0.1, -0.05) is 49.7 Å². The molecule has 0 spiro atoms. The summed E-state index contributed by atoms with van der Waals surface area (Å²) in [5.74, 6) is 1.48. The summed E-state index contributed by atoms with van der Waals surface area (Å²) >= 11 is 6.30. The number of nitrogens with zero attached hydrogens (tertiary/aromatic N) is 2. The number of hydrogen-bond donors (Lipinski definition) is 1. The van der Waals surface area contributed by atoms with Crippen molar-refractivity contribution in [1.82, 2.24) is 9.78 Å². The average Bonchev–Trinajstić information content (AvgIpc) is 3.41. The Morgan fingerprint density at radius 2 is 1.83 bits per heavy atom. The van der Waals surface area contributed by atoms with Crippen LogP contribution >= 0.6 is 11.6 Å². The molecule has 188 valence electrons. The van der Waals surface area contributed by atoms with Crippen molar-refractivity contribution in [1.29, 1.82) is 0 Å². The number of halogens is 1. The standard InChI is InChI=1S/C29H32ClN3O3/c1-17(2)24-14-25(30)19(4)13-27(24)35-16-23-11-12-26(36-23)29(34)31-28-20(5)32-33(21(28)6)15-22-10-8-7-9-18(22)3/h7-14,17H,15-16H2,1-6H3,(H,31,34). The molecule has 0 bridgehead atoms. The van der Waals surface area contributed by atoms with Crippen molar-refractivity contribution in [2.24, 2.45) is 0 Å². The van der Waals surface area contributed by atoms with Crippen LogP contribution < -0.4 is 10.1 Å². The van der Waals surface area contributed by atoms with Crippen molar-refractivity contribution in [3.8, 4) is 5.75 Å². The molecule has 36 heavy (non-hydrogen) atoms. The van der Waals surface area contributed by atoms with E-state index in [0.29, 0.717) is 18.0 Å². The van der Waals surface area contributed by atoms with Crippen LogP contribution in [0.25, 0.3) is 0 Å². The largest absolute Gasteiger partial charge is 0.485 e. The highest BCUT2D eigenvalue weighted by Gasteiger charge is 2.19. The van der Waals surface area contributed by atoms with Gasteiger partial charge in [0, 0.05) is 5.02 Å². The first-order chi connectivity index (χ1) is 17.1. The van der Waals surface area contributed by atoms with Gasteiger partial charge in [0.1, 0.15) is 18.1 Å². The van der Waals surface area contributed by atoms with Crippen molar-refractivity contribution in [2.75, 3.05) is 5.32 Å². The predicted molar refractivity (Wildman–Crippen MR) is 143 cm³/mol. The lowest BCUT2D eigenvalue weighted by atomic mass is 10.0. The van der Waals surface area contributed by atoms with Crippen LogP contribution in [0.1, 0.15) is 69.7 Å². The Balaban J connectivity index is 1.45. The number of benzene rings is 2. The number of aryl methyl sites for hydroxylation is 3. The monoisotopic (exact) mass is 505 g/mol. The Labute approximate surface area is 217 Å². The highest BCUT2D eigenvalue weighted by Crippen LogP contribution is 2.32. The molecule has 0 aliphatic rings. The van der Waals surface area contributed by atoms with E-state index in [2.05, 4.69) is 43.3 Å². The second kappa shape index (κ2) is 10.6. The number of carbonyl (C=O) groups excluding carboxylic acids is 1. The zero-order valence-electron chi connectivity index (χ0n) is 21.6. The molecule has 1 N–H and O–H groups in total. The van der Waals surface area contributed by atoms with E-state index in [9.17, 15) is 4.79 Å². The number of rotatable bonds is 8. The fourth-order valence-electron chi connectivity index (χ4n) is 4.13. The van der Waals surface area contributed by atoms with Crippen molar-refractivity contribution in [3.05, 3.63) is 98.7 Å². The Kier molecular flexibility index (Phi) is 7.55. The van der Waals surface area contributed by atoms with Crippen LogP contribution in [0.5, 0.6) is 5.75 Å². The summed E-state index contributed by atoms with van der Waals surface area (Å²) in [6.07, 6.45) is 0. The molecular formula is C29H32ClN3O3. The first kappa shape index (κ1) is 25.6. The van der Waals surface area contributed by atoms with Crippen LogP contribution in [0.15, 0.2) is 52.9 Å². The van der Waals surface area contributed by atoms with E-state index < -0.39 is 0 Å². The molecular weight excluding hydrogens is 474 g/mol. The van der Waals surface area contributed by atoms with E-state index in [1.165, 1.54) is 11.1 Å². The highest BCUT2D eigenvalue weighted by molar-refractivity contribution is 6.31. The fourth-order valence-corrected chi connectivity index (χ4v) is 4.30. The molecule has 0 aliphatic heterocycles. The second-order valence-electron chi connectivity index (χ2n) is 9.43. The lowest BCUT2D eigenvalue weighted by Crippen LogP contribution is -2.12. The minimum atomic E-state index is -0.326. The smallest absolute Gasteiger partial charge is 0.291 e. The van der Waals surface area contributed by atoms with Crippen LogP contribution in [-0.2, 0) is 13.2 Å². The van der Waals surface area contributed by atoms with E-state index in [1.54, 1.807) is 12.1 Å². The number of amides is 1. The van der Waals surface area contributed by atoms with Gasteiger partial charge < -0.3 is 14.5 Å². The third-order valence-corrected chi connectivity index (χ3v) is 6.78. The molecule has 2 aromatic heterocycles. The van der Waals surface area contributed by atoms with Crippen LogP contribution in [-0.4, -0.2) is 15.7 Å². The van der Waals surface area contributed by atoms with Gasteiger partial charge in [-0.2, -0.15) is 5.10 Å². The van der Waals surface area contributed by atoms with Gasteiger partial charge in [0.25, 0.3) is 5.91 Å². The molecule has 0 fully saturated rings. The highest BCUT2D eigenvalue weighted by atomic mass is 35.5. The fraction of sp³-hybridized carbons (Fsp3) is 0.310. The lowest BCUT2D eigenvalue weighted by molar-refractivity contribution is 0.0992. The van der Waals surface area contributed by atoms with Crippen LogP contribution in [0.4, 0.5) is 5.69 Å². The zero-order valence-corrected chi connectivity index (χ0v) is 22.4. The normalized spacial score (nSPS) is 11.2. The molecule has 7 heteroatoms. The van der Waals surface area contributed by atoms with Gasteiger partial charge >= 0.3 is 0 Å². The van der Waals surface area contributed by atoms with E-state index in [-0.39, 0.29) is 24.2 Å². The van der Waals surface area contributed by atoms with E-state index in [1.807, 2.05) is 49.7 Å². The molecule has 0 aliphatic carbocycles. The maximum Gasteiger partial charge on any atom is 0.291 e. The molecule has 4 rings (SSSR count). The Morgan fingerprint density at radius 3 is 2.56 bits per heavy atom. The van der Waals surface area contributed by atoms with Crippen molar-refractivity contribution in [2.45, 2.75) is 60.6 Å². The minimum absolute atomic E-state index is 0.209. The summed E-state index contributed by atoms with van der Waals surface area (Å²) in [5.41, 5.74) is 6.71. The first-order valence-corrected chi connectivity index (χ1v) is 12.4. The quantitative estimate of drug-likeness (QED) is 0.271. The second-order valence-corrected chi connectivity index (χ2v) is 9.84. The topological polar surface area (TPSA) is 69.3 Å². The molecule has 2 aromatic carbocycles. The molecule has 0 unspecified atom stereocenters. The van der Waals surface area contributed by atoms with E-state index >= 15 is 0 Å². The number of furan rings is 1. The summed E-state index contributed by atoms with van der Waals surface area (Å²) in [5, 5.41) is 8.33. The summed E-state index contributed by atoms with van der Waals surface area (Å²) in [6, 6.07) is 15.5. The molecule has 0 saturated carbocycles. The van der Waals surface area contributed by atoms with Crippen LogP contribution in [0.3, 0.4) is 0 Å². The maximum atomic E-state index is 13.0. The summed E-state index contributed by atoms with van der Waals surface area (Å²) in [6.45, 7) is 12.9. The number of nitrogens with one attached hydrogen (secondary N) is 1. The van der Waals surface area contributed by atoms with Crippen LogP contribution in [0.2, 0.25) is 5.02 Å². The SMILES string of the molecule is Cc1cc(OCc2ccc(C(=O)Nc3c(C)nn(Cc4ccccc4C)c3C)o2)c(C(C)C)cc1Cl. The number of hydrogen-bond acceptors (Lipinski definition) is 4. The summed E-state index contributed by atoms with van der Waals surface area (Å²) in [4.78, 5) is 13.0. The van der Waals surface area contributed by atoms with Gasteiger partial charge in [0.2, 0.25) is 0 Å². The van der Waals surface area contributed by atoms with Crippen LogP contribution in [0, 0.1) is 27.7 Å². The average molecular weight is 506 g/mol. The zero-order chi connectivity index (χ0) is 26.0. The minimum Gasteiger partial charge on any atom is -0.485 e.